The van der Waals surface area contributed by atoms with Crippen LogP contribution in [0.2, 0.25) is 0 Å². The van der Waals surface area contributed by atoms with E-state index in [4.69, 9.17) is 5.73 Å². The van der Waals surface area contributed by atoms with E-state index in [9.17, 15) is 4.79 Å². The molecule has 2 aliphatic rings. The fraction of sp³-hybridized carbons (Fsp3) is 0.650. The van der Waals surface area contributed by atoms with Crippen molar-refractivity contribution >= 4 is 5.91 Å². The van der Waals surface area contributed by atoms with Gasteiger partial charge in [0.15, 0.2) is 0 Å². The summed E-state index contributed by atoms with van der Waals surface area (Å²) in [5, 5.41) is 0. The van der Waals surface area contributed by atoms with Crippen LogP contribution in [0, 0.1) is 11.8 Å². The van der Waals surface area contributed by atoms with Gasteiger partial charge in [-0.2, -0.15) is 0 Å². The van der Waals surface area contributed by atoms with Crippen LogP contribution in [0.25, 0.3) is 0 Å². The van der Waals surface area contributed by atoms with Gasteiger partial charge >= 0.3 is 0 Å². The molecule has 132 valence electrons. The van der Waals surface area contributed by atoms with Crippen molar-refractivity contribution in [2.24, 2.45) is 17.6 Å². The summed E-state index contributed by atoms with van der Waals surface area (Å²) in [5.41, 5.74) is 7.51. The smallest absolute Gasteiger partial charge is 0.227 e. The number of carbonyl (C=O) groups is 1. The molecule has 4 nitrogen and oxygen atoms in total. The fourth-order valence-corrected chi connectivity index (χ4v) is 4.26. The summed E-state index contributed by atoms with van der Waals surface area (Å²) in [6.45, 7) is 7.03. The monoisotopic (exact) mass is 329 g/mol. The lowest BCUT2D eigenvalue weighted by Crippen LogP contribution is -2.44. The molecule has 1 aromatic carbocycles. The Labute approximate surface area is 146 Å². The molecule has 1 aliphatic carbocycles. The second-order valence-electron chi connectivity index (χ2n) is 7.45. The van der Waals surface area contributed by atoms with Crippen LogP contribution in [0.3, 0.4) is 0 Å². The van der Waals surface area contributed by atoms with Gasteiger partial charge in [-0.1, -0.05) is 36.8 Å². The molecule has 0 aromatic heterocycles. The van der Waals surface area contributed by atoms with Gasteiger partial charge in [0.25, 0.3) is 0 Å². The molecule has 3 atom stereocenters. The first-order valence-corrected chi connectivity index (χ1v) is 9.48. The van der Waals surface area contributed by atoms with Crippen LogP contribution in [-0.2, 0) is 11.3 Å². The van der Waals surface area contributed by atoms with E-state index in [0.717, 1.165) is 52.0 Å². The predicted octanol–water partition coefficient (Wildman–Crippen LogP) is 2.48. The SMILES string of the molecule is CCN(C[C@@H]1CCN(Cc2ccccc2)C1)C(=O)[C@H]1CCC[C@@H]1N. The van der Waals surface area contributed by atoms with Gasteiger partial charge in [-0.3, -0.25) is 9.69 Å². The Bertz CT molecular complexity index is 533. The Balaban J connectivity index is 1.51. The van der Waals surface area contributed by atoms with Gasteiger partial charge in [0.2, 0.25) is 5.91 Å². The molecular weight excluding hydrogens is 298 g/mol. The number of rotatable bonds is 6. The molecular formula is C20H31N3O. The number of amides is 1. The Kier molecular flexibility index (Phi) is 5.90. The molecule has 2 fully saturated rings. The third-order valence-electron chi connectivity index (χ3n) is 5.68. The summed E-state index contributed by atoms with van der Waals surface area (Å²) in [5.74, 6) is 0.950. The van der Waals surface area contributed by atoms with E-state index in [0.29, 0.717) is 11.8 Å². The first kappa shape index (κ1) is 17.4. The van der Waals surface area contributed by atoms with Crippen LogP contribution < -0.4 is 5.73 Å². The summed E-state index contributed by atoms with van der Waals surface area (Å²) in [6, 6.07) is 10.7. The van der Waals surface area contributed by atoms with Crippen molar-refractivity contribution < 1.29 is 4.79 Å². The summed E-state index contributed by atoms with van der Waals surface area (Å²) >= 11 is 0. The zero-order valence-corrected chi connectivity index (χ0v) is 14.9. The summed E-state index contributed by atoms with van der Waals surface area (Å²) in [4.78, 5) is 17.4. The first-order valence-electron chi connectivity index (χ1n) is 9.48. The maximum absolute atomic E-state index is 12.8. The molecule has 0 bridgehead atoms. The van der Waals surface area contributed by atoms with Crippen molar-refractivity contribution in [2.45, 2.75) is 45.2 Å². The van der Waals surface area contributed by atoms with E-state index >= 15 is 0 Å². The van der Waals surface area contributed by atoms with E-state index in [1.807, 2.05) is 0 Å². The molecule has 1 saturated heterocycles. The number of benzene rings is 1. The minimum Gasteiger partial charge on any atom is -0.342 e. The summed E-state index contributed by atoms with van der Waals surface area (Å²) < 4.78 is 0. The largest absolute Gasteiger partial charge is 0.342 e. The summed E-state index contributed by atoms with van der Waals surface area (Å²) in [6.07, 6.45) is 4.26. The van der Waals surface area contributed by atoms with Crippen molar-refractivity contribution in [3.8, 4) is 0 Å². The lowest BCUT2D eigenvalue weighted by atomic mass is 10.0. The number of carbonyl (C=O) groups excluding carboxylic acids is 1. The van der Waals surface area contributed by atoms with E-state index in [2.05, 4.69) is 47.1 Å². The van der Waals surface area contributed by atoms with Gasteiger partial charge < -0.3 is 10.6 Å². The molecule has 24 heavy (non-hydrogen) atoms. The van der Waals surface area contributed by atoms with E-state index in [1.165, 1.54) is 12.0 Å². The van der Waals surface area contributed by atoms with Crippen LogP contribution in [-0.4, -0.2) is 47.9 Å². The molecule has 1 saturated carbocycles. The third kappa shape index (κ3) is 4.17. The van der Waals surface area contributed by atoms with Crippen LogP contribution in [0.15, 0.2) is 30.3 Å². The maximum Gasteiger partial charge on any atom is 0.227 e. The second-order valence-corrected chi connectivity index (χ2v) is 7.45. The highest BCUT2D eigenvalue weighted by atomic mass is 16.2. The molecule has 1 aromatic rings. The Morgan fingerprint density at radius 3 is 2.71 bits per heavy atom. The Morgan fingerprint density at radius 1 is 1.25 bits per heavy atom. The quantitative estimate of drug-likeness (QED) is 0.872. The lowest BCUT2D eigenvalue weighted by Gasteiger charge is -2.28. The second kappa shape index (κ2) is 8.13. The molecule has 3 rings (SSSR count). The minimum atomic E-state index is 0.0618. The van der Waals surface area contributed by atoms with Gasteiger partial charge in [0.05, 0.1) is 5.92 Å². The van der Waals surface area contributed by atoms with Gasteiger partial charge in [-0.05, 0) is 44.2 Å². The third-order valence-corrected chi connectivity index (χ3v) is 5.68. The van der Waals surface area contributed by atoms with Crippen LogP contribution in [0.5, 0.6) is 0 Å². The van der Waals surface area contributed by atoms with Crippen molar-refractivity contribution in [3.05, 3.63) is 35.9 Å². The lowest BCUT2D eigenvalue weighted by molar-refractivity contribution is -0.136. The van der Waals surface area contributed by atoms with Gasteiger partial charge in [-0.25, -0.2) is 0 Å². The van der Waals surface area contributed by atoms with Crippen molar-refractivity contribution in [2.75, 3.05) is 26.2 Å². The van der Waals surface area contributed by atoms with E-state index < -0.39 is 0 Å². The van der Waals surface area contributed by atoms with Crippen molar-refractivity contribution in [3.63, 3.8) is 0 Å². The zero-order valence-electron chi connectivity index (χ0n) is 14.9. The minimum absolute atomic E-state index is 0.0618. The normalized spacial score (nSPS) is 27.5. The van der Waals surface area contributed by atoms with E-state index in [-0.39, 0.29) is 12.0 Å². The number of nitrogens with zero attached hydrogens (tertiary/aromatic N) is 2. The predicted molar refractivity (Wildman–Crippen MR) is 97.4 cm³/mol. The fourth-order valence-electron chi connectivity index (χ4n) is 4.26. The number of hydrogen-bond donors (Lipinski definition) is 1. The zero-order chi connectivity index (χ0) is 16.9. The Hall–Kier alpha value is -1.39. The Morgan fingerprint density at radius 2 is 2.04 bits per heavy atom. The van der Waals surface area contributed by atoms with Crippen molar-refractivity contribution in [1.29, 1.82) is 0 Å². The topological polar surface area (TPSA) is 49.6 Å². The molecule has 4 heteroatoms. The average Bonchev–Trinajstić information content (AvgIpc) is 3.22. The number of nitrogens with two attached hydrogens (primary N) is 1. The molecule has 2 N–H and O–H groups in total. The first-order chi connectivity index (χ1) is 11.7. The highest BCUT2D eigenvalue weighted by Crippen LogP contribution is 2.27. The molecule has 1 amide bonds. The molecule has 0 spiro atoms. The van der Waals surface area contributed by atoms with Crippen LogP contribution in [0.4, 0.5) is 0 Å². The molecule has 0 radical (unpaired) electrons. The van der Waals surface area contributed by atoms with Crippen LogP contribution in [0.1, 0.15) is 38.2 Å². The van der Waals surface area contributed by atoms with Gasteiger partial charge in [-0.15, -0.1) is 0 Å². The maximum atomic E-state index is 12.8. The molecule has 1 heterocycles. The number of likely N-dealkylation sites (tertiary alicyclic amines) is 1. The highest BCUT2D eigenvalue weighted by Gasteiger charge is 2.34. The average molecular weight is 329 g/mol. The molecule has 0 unspecified atom stereocenters. The van der Waals surface area contributed by atoms with Crippen molar-refractivity contribution in [1.82, 2.24) is 9.80 Å². The highest BCUT2D eigenvalue weighted by molar-refractivity contribution is 5.79. The summed E-state index contributed by atoms with van der Waals surface area (Å²) in [7, 11) is 0. The number of hydrogen-bond acceptors (Lipinski definition) is 3. The van der Waals surface area contributed by atoms with Gasteiger partial charge in [0, 0.05) is 32.2 Å². The molecule has 1 aliphatic heterocycles. The standard InChI is InChI=1S/C20H31N3O/c1-2-23(20(24)18-9-6-10-19(18)21)15-17-11-12-22(14-17)13-16-7-4-3-5-8-16/h3-5,7-8,17-19H,2,6,9-15,21H2,1H3/t17-,18+,19+/m1/s1. The van der Waals surface area contributed by atoms with E-state index in [1.54, 1.807) is 0 Å². The van der Waals surface area contributed by atoms with Crippen LogP contribution >= 0.6 is 0 Å². The van der Waals surface area contributed by atoms with Gasteiger partial charge in [0.1, 0.15) is 0 Å².